The summed E-state index contributed by atoms with van der Waals surface area (Å²) < 4.78 is 0. The summed E-state index contributed by atoms with van der Waals surface area (Å²) in [4.78, 5) is 42.4. The lowest BCUT2D eigenvalue weighted by atomic mass is 9.96. The number of hydrogen-bond donors (Lipinski definition) is 4. The highest BCUT2D eigenvalue weighted by Gasteiger charge is 2.40. The van der Waals surface area contributed by atoms with E-state index in [0.29, 0.717) is 5.92 Å². The number of carbonyl (C=O) groups excluding carboxylic acids is 1. The van der Waals surface area contributed by atoms with E-state index in [9.17, 15) is 19.2 Å². The van der Waals surface area contributed by atoms with Crippen molar-refractivity contribution in [2.24, 2.45) is 5.92 Å². The van der Waals surface area contributed by atoms with Crippen molar-refractivity contribution < 1.29 is 39.6 Å². The number of aliphatic hydroxyl groups is 1. The van der Waals surface area contributed by atoms with Crippen molar-refractivity contribution in [3.63, 3.8) is 0 Å². The molecule has 1 saturated heterocycles. The Morgan fingerprint density at radius 3 is 2.00 bits per heavy atom. The summed E-state index contributed by atoms with van der Waals surface area (Å²) in [6, 6.07) is 0. The normalized spacial score (nSPS) is 15.5. The van der Waals surface area contributed by atoms with Gasteiger partial charge in [-0.15, -0.1) is 0 Å². The second-order valence-corrected chi connectivity index (χ2v) is 5.08. The molecule has 1 radical (unpaired) electrons. The minimum atomic E-state index is -2.74. The third-order valence-corrected chi connectivity index (χ3v) is 3.05. The van der Waals surface area contributed by atoms with E-state index in [0.717, 1.165) is 25.9 Å². The van der Waals surface area contributed by atoms with E-state index in [-0.39, 0.29) is 0 Å². The van der Waals surface area contributed by atoms with Gasteiger partial charge in [-0.05, 0) is 18.8 Å². The molecule has 0 saturated carbocycles. The molecule has 0 bridgehead atoms. The van der Waals surface area contributed by atoms with E-state index >= 15 is 0 Å². The lowest BCUT2D eigenvalue weighted by Gasteiger charge is -2.26. The molecule has 4 N–H and O–H groups in total. The van der Waals surface area contributed by atoms with Crippen molar-refractivity contribution in [3.8, 4) is 0 Å². The van der Waals surface area contributed by atoms with Gasteiger partial charge in [-0.1, -0.05) is 6.92 Å². The van der Waals surface area contributed by atoms with E-state index in [4.69, 9.17) is 20.4 Å². The van der Waals surface area contributed by atoms with E-state index in [1.165, 1.54) is 0 Å². The molecule has 1 atom stereocenters. The number of piperidine rings is 1. The van der Waals surface area contributed by atoms with Gasteiger partial charge in [0.1, 0.15) is 0 Å². The van der Waals surface area contributed by atoms with Gasteiger partial charge in [-0.3, -0.25) is 14.4 Å². The molecular formula is C13H20NO8. The molecule has 0 aliphatic carbocycles. The summed E-state index contributed by atoms with van der Waals surface area (Å²) in [5.41, 5.74) is -2.74. The Hall–Kier alpha value is -2.16. The number of likely N-dealkylation sites (tertiary alicyclic amines) is 1. The molecule has 1 heterocycles. The number of hydrogen-bond acceptors (Lipinski definition) is 5. The number of nitrogens with zero attached hydrogens (tertiary/aromatic N) is 1. The Bertz CT molecular complexity index is 398. The van der Waals surface area contributed by atoms with Gasteiger partial charge in [-0.25, -0.2) is 4.79 Å². The van der Waals surface area contributed by atoms with Crippen LogP contribution in [-0.4, -0.2) is 68.3 Å². The molecule has 0 spiro atoms. The molecule has 125 valence electrons. The summed E-state index contributed by atoms with van der Waals surface area (Å²) in [5, 5.41) is 33.8. The molecule has 0 aromatic carbocycles. The van der Waals surface area contributed by atoms with Crippen LogP contribution < -0.4 is 0 Å². The summed E-state index contributed by atoms with van der Waals surface area (Å²) >= 11 is 0. The molecule has 0 unspecified atom stereocenters. The van der Waals surface area contributed by atoms with Crippen molar-refractivity contribution in [2.75, 3.05) is 13.1 Å². The van der Waals surface area contributed by atoms with Crippen molar-refractivity contribution in [1.82, 2.24) is 4.90 Å². The molecule has 1 aliphatic heterocycles. The molecule has 9 heteroatoms. The van der Waals surface area contributed by atoms with Gasteiger partial charge >= 0.3 is 17.9 Å². The first-order valence-corrected chi connectivity index (χ1v) is 6.52. The summed E-state index contributed by atoms with van der Waals surface area (Å²) in [5.74, 6) is -4.32. The quantitative estimate of drug-likeness (QED) is 0.475. The SMILES string of the molecule is C[C@H]1[CH]CN(C=O)CC1.O=C(O)CC(O)(CC(=O)O)C(=O)O. The first kappa shape index (κ1) is 19.8. The highest BCUT2D eigenvalue weighted by Crippen LogP contribution is 2.15. The van der Waals surface area contributed by atoms with Crippen molar-refractivity contribution in [1.29, 1.82) is 0 Å². The van der Waals surface area contributed by atoms with Crippen LogP contribution >= 0.6 is 0 Å². The van der Waals surface area contributed by atoms with Crippen LogP contribution in [0.2, 0.25) is 0 Å². The third kappa shape index (κ3) is 7.58. The topological polar surface area (TPSA) is 152 Å². The molecule has 1 rings (SSSR count). The highest BCUT2D eigenvalue weighted by atomic mass is 16.4. The smallest absolute Gasteiger partial charge is 0.336 e. The zero-order valence-electron chi connectivity index (χ0n) is 12.1. The fourth-order valence-corrected chi connectivity index (χ4v) is 1.70. The Balaban J connectivity index is 0.000000425. The molecule has 0 aromatic rings. The van der Waals surface area contributed by atoms with Gasteiger partial charge in [0.2, 0.25) is 6.41 Å². The largest absolute Gasteiger partial charge is 0.481 e. The molecule has 9 nitrogen and oxygen atoms in total. The van der Waals surface area contributed by atoms with E-state index < -0.39 is 36.4 Å². The molecule has 22 heavy (non-hydrogen) atoms. The molecule has 0 aromatic heterocycles. The van der Waals surface area contributed by atoms with E-state index in [2.05, 4.69) is 13.3 Å². The van der Waals surface area contributed by atoms with Crippen LogP contribution in [0.3, 0.4) is 0 Å². The maximum atomic E-state index is 10.3. The predicted octanol–water partition coefficient (Wildman–Crippen LogP) is -0.560. The first-order chi connectivity index (χ1) is 10.1. The highest BCUT2D eigenvalue weighted by molar-refractivity contribution is 5.88. The lowest BCUT2D eigenvalue weighted by Crippen LogP contribution is -2.42. The van der Waals surface area contributed by atoms with Crippen molar-refractivity contribution in [3.05, 3.63) is 6.42 Å². The second-order valence-electron chi connectivity index (χ2n) is 5.08. The molecule has 1 fully saturated rings. The van der Waals surface area contributed by atoms with Crippen molar-refractivity contribution >= 4 is 24.3 Å². The van der Waals surface area contributed by atoms with Crippen LogP contribution in [0.1, 0.15) is 26.2 Å². The van der Waals surface area contributed by atoms with Crippen molar-refractivity contribution in [2.45, 2.75) is 31.8 Å². The van der Waals surface area contributed by atoms with Gasteiger partial charge < -0.3 is 25.3 Å². The van der Waals surface area contributed by atoms with Gasteiger partial charge in [-0.2, -0.15) is 0 Å². The van der Waals surface area contributed by atoms with Gasteiger partial charge in [0.15, 0.2) is 5.60 Å². The monoisotopic (exact) mass is 318 g/mol. The minimum absolute atomic E-state index is 0.696. The van der Waals surface area contributed by atoms with Gasteiger partial charge in [0.05, 0.1) is 12.8 Å². The van der Waals surface area contributed by atoms with Crippen LogP contribution in [0.5, 0.6) is 0 Å². The van der Waals surface area contributed by atoms with E-state index in [1.54, 1.807) is 4.90 Å². The summed E-state index contributed by atoms with van der Waals surface area (Å²) in [7, 11) is 0. The summed E-state index contributed by atoms with van der Waals surface area (Å²) in [6.45, 7) is 3.95. The molecule has 1 aliphatic rings. The number of rotatable bonds is 6. The number of carbonyl (C=O) groups is 4. The minimum Gasteiger partial charge on any atom is -0.481 e. The zero-order valence-corrected chi connectivity index (χ0v) is 12.1. The van der Waals surface area contributed by atoms with Crippen LogP contribution in [0, 0.1) is 12.3 Å². The van der Waals surface area contributed by atoms with Crippen LogP contribution in [0.4, 0.5) is 0 Å². The predicted molar refractivity (Wildman–Crippen MR) is 72.8 cm³/mol. The average Bonchev–Trinajstić information content (AvgIpc) is 2.38. The average molecular weight is 318 g/mol. The Morgan fingerprint density at radius 2 is 1.73 bits per heavy atom. The summed E-state index contributed by atoms with van der Waals surface area (Å²) in [6.07, 6.45) is 1.93. The number of carboxylic acids is 3. The molecular weight excluding hydrogens is 298 g/mol. The molecule has 1 amide bonds. The Kier molecular flexibility index (Phi) is 8.10. The zero-order chi connectivity index (χ0) is 17.3. The maximum absolute atomic E-state index is 10.3. The first-order valence-electron chi connectivity index (χ1n) is 6.52. The number of amides is 1. The fourth-order valence-electron chi connectivity index (χ4n) is 1.70. The Morgan fingerprint density at radius 1 is 1.23 bits per heavy atom. The third-order valence-electron chi connectivity index (χ3n) is 3.05. The second kappa shape index (κ2) is 8.98. The fraction of sp³-hybridized carbons (Fsp3) is 0.615. The van der Waals surface area contributed by atoms with Gasteiger partial charge in [0.25, 0.3) is 0 Å². The standard InChI is InChI=1S/C7H12NO.C6H8O7/c1-7-2-4-8(6-9)5-3-7;7-3(8)1-6(13,5(11)12)2-4(9)10/h2,6-7H,3-5H2,1H3;13H,1-2H2,(H,7,8)(H,9,10)(H,11,12)/t7-;/m0./s1. The lowest BCUT2D eigenvalue weighted by molar-refractivity contribution is -0.170. The van der Waals surface area contributed by atoms with Crippen LogP contribution in [0.25, 0.3) is 0 Å². The maximum Gasteiger partial charge on any atom is 0.336 e. The Labute approximate surface area is 127 Å². The van der Waals surface area contributed by atoms with Crippen LogP contribution in [0.15, 0.2) is 0 Å². The van der Waals surface area contributed by atoms with Crippen LogP contribution in [-0.2, 0) is 19.2 Å². The number of carboxylic acid groups (broad SMARTS) is 3. The van der Waals surface area contributed by atoms with E-state index in [1.807, 2.05) is 0 Å². The number of aliphatic carboxylic acids is 3. The van der Waals surface area contributed by atoms with Gasteiger partial charge in [0, 0.05) is 13.1 Å².